The molecule has 6 N–H and O–H groups in total. The molecule has 0 aliphatic heterocycles. The lowest BCUT2D eigenvalue weighted by molar-refractivity contribution is -0.327. The van der Waals surface area contributed by atoms with Gasteiger partial charge in [-0.2, -0.15) is 0 Å². The molecule has 0 heterocycles. The van der Waals surface area contributed by atoms with Crippen molar-refractivity contribution in [3.8, 4) is 0 Å². The van der Waals surface area contributed by atoms with E-state index in [2.05, 4.69) is 0 Å². The number of hydrogen-bond acceptors (Lipinski definition) is 6. The monoisotopic (exact) mass is 310 g/mol. The average Bonchev–Trinajstić information content (AvgIpc) is 2.56. The van der Waals surface area contributed by atoms with Crippen LogP contribution in [-0.2, 0) is 0 Å². The Morgan fingerprint density at radius 3 is 1.82 bits per heavy atom. The van der Waals surface area contributed by atoms with Gasteiger partial charge in [0, 0.05) is 0 Å². The summed E-state index contributed by atoms with van der Waals surface area (Å²) in [5, 5.41) is 59.8. The van der Waals surface area contributed by atoms with Gasteiger partial charge >= 0.3 is 0 Å². The van der Waals surface area contributed by atoms with Crippen molar-refractivity contribution < 1.29 is 30.6 Å². The number of aliphatic hydroxyl groups excluding tert-OH is 4. The van der Waals surface area contributed by atoms with E-state index in [1.165, 1.54) is 6.08 Å². The van der Waals surface area contributed by atoms with E-state index in [9.17, 15) is 30.6 Å². The second-order valence-corrected chi connectivity index (χ2v) is 5.95. The summed E-state index contributed by atoms with van der Waals surface area (Å²) < 4.78 is 0. The van der Waals surface area contributed by atoms with Crippen LogP contribution in [0.1, 0.15) is 12.0 Å². The summed E-state index contributed by atoms with van der Waals surface area (Å²) in [5.41, 5.74) is -2.11. The van der Waals surface area contributed by atoms with Crippen LogP contribution in [0.3, 0.4) is 0 Å². The van der Waals surface area contributed by atoms with Gasteiger partial charge in [0.1, 0.15) is 0 Å². The van der Waals surface area contributed by atoms with Gasteiger partial charge in [-0.25, -0.2) is 0 Å². The van der Waals surface area contributed by atoms with Crippen molar-refractivity contribution in [3.05, 3.63) is 42.0 Å². The summed E-state index contributed by atoms with van der Waals surface area (Å²) in [6.45, 7) is -2.89. The van der Waals surface area contributed by atoms with Crippen LogP contribution in [0.2, 0.25) is 0 Å². The molecule has 0 saturated carbocycles. The van der Waals surface area contributed by atoms with Crippen LogP contribution in [0.25, 0.3) is 5.57 Å². The first-order valence-corrected chi connectivity index (χ1v) is 7.07. The van der Waals surface area contributed by atoms with Crippen molar-refractivity contribution in [2.75, 3.05) is 26.4 Å². The third-order valence-electron chi connectivity index (χ3n) is 4.73. The molecule has 0 spiro atoms. The molecule has 0 fully saturated rings. The van der Waals surface area contributed by atoms with Crippen molar-refractivity contribution in [1.82, 2.24) is 0 Å². The van der Waals surface area contributed by atoms with Crippen LogP contribution < -0.4 is 0 Å². The van der Waals surface area contributed by atoms with Crippen molar-refractivity contribution in [2.45, 2.75) is 12.2 Å². The summed E-state index contributed by atoms with van der Waals surface area (Å²) in [6, 6.07) is 9.02. The van der Waals surface area contributed by atoms with E-state index in [4.69, 9.17) is 0 Å². The number of rotatable bonds is 5. The van der Waals surface area contributed by atoms with Crippen LogP contribution >= 0.6 is 0 Å². The molecule has 6 heteroatoms. The Labute approximate surface area is 128 Å². The molecule has 0 radical (unpaired) electrons. The molecule has 0 atom stereocenters. The zero-order chi connectivity index (χ0) is 16.4. The maximum absolute atomic E-state index is 10.5. The van der Waals surface area contributed by atoms with Gasteiger partial charge in [0.15, 0.2) is 5.79 Å². The van der Waals surface area contributed by atoms with E-state index in [1.807, 2.05) is 6.07 Å². The first kappa shape index (κ1) is 17.1. The number of allylic oxidation sites excluding steroid dienone is 1. The Bertz CT molecular complexity index is 529. The maximum atomic E-state index is 10.5. The number of aliphatic hydroxyl groups is 6. The molecule has 1 aliphatic carbocycles. The third-order valence-corrected chi connectivity index (χ3v) is 4.73. The molecule has 0 aromatic heterocycles. The highest BCUT2D eigenvalue weighted by Crippen LogP contribution is 2.53. The lowest BCUT2D eigenvalue weighted by atomic mass is 9.58. The fourth-order valence-corrected chi connectivity index (χ4v) is 3.08. The molecule has 0 saturated heterocycles. The van der Waals surface area contributed by atoms with Crippen LogP contribution in [-0.4, -0.2) is 62.9 Å². The lowest BCUT2D eigenvalue weighted by Crippen LogP contribution is -2.66. The van der Waals surface area contributed by atoms with E-state index in [0.717, 1.165) is 5.56 Å². The molecule has 0 unspecified atom stereocenters. The zero-order valence-electron chi connectivity index (χ0n) is 12.2. The van der Waals surface area contributed by atoms with Crippen molar-refractivity contribution >= 4 is 5.57 Å². The van der Waals surface area contributed by atoms with Crippen molar-refractivity contribution in [1.29, 1.82) is 0 Å². The van der Waals surface area contributed by atoms with Gasteiger partial charge in [-0.05, 0) is 17.6 Å². The Morgan fingerprint density at radius 2 is 1.36 bits per heavy atom. The highest BCUT2D eigenvalue weighted by atomic mass is 16.5. The smallest absolute Gasteiger partial charge is 0.187 e. The van der Waals surface area contributed by atoms with Gasteiger partial charge in [-0.15, -0.1) is 0 Å². The Morgan fingerprint density at radius 1 is 0.818 bits per heavy atom. The van der Waals surface area contributed by atoms with Crippen LogP contribution in [0.15, 0.2) is 36.4 Å². The summed E-state index contributed by atoms with van der Waals surface area (Å²) in [7, 11) is 0. The molecule has 0 amide bonds. The molecule has 2 rings (SSSR count). The molecule has 1 aromatic carbocycles. The minimum Gasteiger partial charge on any atom is -0.395 e. The molecule has 1 aliphatic rings. The van der Waals surface area contributed by atoms with E-state index in [1.54, 1.807) is 24.3 Å². The minimum atomic E-state index is -2.66. The number of hydrogen-bond donors (Lipinski definition) is 6. The normalized spacial score (nSPS) is 22.2. The fraction of sp³-hybridized carbons (Fsp3) is 0.500. The SMILES string of the molecule is OCC1(CO)C=C(c2ccccc2)CC(CO)(CO)C1(O)O. The predicted molar refractivity (Wildman–Crippen MR) is 79.4 cm³/mol. The molecular weight excluding hydrogens is 288 g/mol. The van der Waals surface area contributed by atoms with Gasteiger partial charge in [0.25, 0.3) is 0 Å². The average molecular weight is 310 g/mol. The first-order valence-electron chi connectivity index (χ1n) is 7.07. The highest BCUT2D eigenvalue weighted by Gasteiger charge is 2.63. The second-order valence-electron chi connectivity index (χ2n) is 5.95. The maximum Gasteiger partial charge on any atom is 0.187 e. The lowest BCUT2D eigenvalue weighted by Gasteiger charge is -2.54. The minimum absolute atomic E-state index is 0.00123. The van der Waals surface area contributed by atoms with E-state index in [0.29, 0.717) is 5.57 Å². The summed E-state index contributed by atoms with van der Waals surface area (Å²) in [5.74, 6) is -2.66. The fourth-order valence-electron chi connectivity index (χ4n) is 3.08. The van der Waals surface area contributed by atoms with Gasteiger partial charge in [0.05, 0.1) is 37.3 Å². The molecule has 0 bridgehead atoms. The standard InChI is InChI=1S/C16H22O6/c17-8-14(9-18)6-13(12-4-2-1-3-5-12)7-15(10-19,11-20)16(14,21)22/h1-6,17-22H,7-11H2. The molecule has 122 valence electrons. The van der Waals surface area contributed by atoms with Gasteiger partial charge in [-0.1, -0.05) is 36.4 Å². The van der Waals surface area contributed by atoms with Crippen LogP contribution in [0.4, 0.5) is 0 Å². The van der Waals surface area contributed by atoms with Gasteiger partial charge in [-0.3, -0.25) is 0 Å². The molecule has 6 nitrogen and oxygen atoms in total. The van der Waals surface area contributed by atoms with E-state index in [-0.39, 0.29) is 6.42 Å². The zero-order valence-corrected chi connectivity index (χ0v) is 12.2. The predicted octanol–water partition coefficient (Wildman–Crippen LogP) is -0.903. The Kier molecular flexibility index (Phi) is 4.72. The quantitative estimate of drug-likeness (QED) is 0.392. The molecule has 1 aromatic rings. The van der Waals surface area contributed by atoms with Crippen molar-refractivity contribution in [2.24, 2.45) is 10.8 Å². The first-order chi connectivity index (χ1) is 10.4. The van der Waals surface area contributed by atoms with E-state index >= 15 is 0 Å². The molecule has 22 heavy (non-hydrogen) atoms. The van der Waals surface area contributed by atoms with Crippen LogP contribution in [0.5, 0.6) is 0 Å². The topological polar surface area (TPSA) is 121 Å². The highest BCUT2D eigenvalue weighted by molar-refractivity contribution is 5.69. The van der Waals surface area contributed by atoms with E-state index < -0.39 is 43.0 Å². The van der Waals surface area contributed by atoms with Crippen LogP contribution in [0, 0.1) is 10.8 Å². The van der Waals surface area contributed by atoms with Gasteiger partial charge < -0.3 is 30.6 Å². The largest absolute Gasteiger partial charge is 0.395 e. The Hall–Kier alpha value is -1.28. The summed E-state index contributed by atoms with van der Waals surface area (Å²) in [4.78, 5) is 0. The third kappa shape index (κ3) is 2.28. The number of benzene rings is 1. The van der Waals surface area contributed by atoms with Crippen molar-refractivity contribution in [3.63, 3.8) is 0 Å². The Balaban J connectivity index is 2.65. The van der Waals surface area contributed by atoms with Gasteiger partial charge in [0.2, 0.25) is 0 Å². The summed E-state index contributed by atoms with van der Waals surface area (Å²) >= 11 is 0. The second kappa shape index (κ2) is 6.08. The molecular formula is C16H22O6. The summed E-state index contributed by atoms with van der Waals surface area (Å²) in [6.07, 6.45) is 1.42.